The summed E-state index contributed by atoms with van der Waals surface area (Å²) in [6.45, 7) is 0.683. The average molecular weight is 396 g/mol. The van der Waals surface area contributed by atoms with Gasteiger partial charge in [0.2, 0.25) is 11.8 Å². The minimum atomic E-state index is -0.151. The number of methoxy groups -OCH3 is 1. The highest BCUT2D eigenvalue weighted by atomic mass is 32.2. The Bertz CT molecular complexity index is 1030. The summed E-state index contributed by atoms with van der Waals surface area (Å²) >= 11 is 1.33. The van der Waals surface area contributed by atoms with E-state index in [1.165, 1.54) is 11.8 Å². The predicted octanol–water partition coefficient (Wildman–Crippen LogP) is 3.43. The van der Waals surface area contributed by atoms with Crippen molar-refractivity contribution in [1.29, 1.82) is 0 Å². The number of aromatic amines is 1. The lowest BCUT2D eigenvalue weighted by atomic mass is 10.2. The highest BCUT2D eigenvalue weighted by molar-refractivity contribution is 7.99. The van der Waals surface area contributed by atoms with Crippen LogP contribution >= 0.6 is 11.8 Å². The van der Waals surface area contributed by atoms with E-state index in [-0.39, 0.29) is 17.6 Å². The minimum absolute atomic E-state index is 0.0915. The van der Waals surface area contributed by atoms with Crippen LogP contribution in [0.25, 0.3) is 11.0 Å². The van der Waals surface area contributed by atoms with Crippen molar-refractivity contribution < 1.29 is 14.3 Å². The van der Waals surface area contributed by atoms with E-state index >= 15 is 0 Å². The van der Waals surface area contributed by atoms with Crippen LogP contribution < -0.4 is 15.0 Å². The van der Waals surface area contributed by atoms with Crippen LogP contribution in [-0.2, 0) is 9.59 Å². The number of carbonyl (C=O) groups is 2. The van der Waals surface area contributed by atoms with Crippen molar-refractivity contribution in [2.75, 3.05) is 29.6 Å². The minimum Gasteiger partial charge on any atom is -0.497 e. The maximum absolute atomic E-state index is 12.5. The zero-order chi connectivity index (χ0) is 19.5. The third kappa shape index (κ3) is 3.82. The molecule has 28 heavy (non-hydrogen) atoms. The van der Waals surface area contributed by atoms with Crippen LogP contribution in [0.5, 0.6) is 5.75 Å². The smallest absolute Gasteiger partial charge is 0.234 e. The van der Waals surface area contributed by atoms with Gasteiger partial charge in [0.15, 0.2) is 5.16 Å². The predicted molar refractivity (Wildman–Crippen MR) is 110 cm³/mol. The molecule has 8 heteroatoms. The Morgan fingerprint density at radius 2 is 2.18 bits per heavy atom. The van der Waals surface area contributed by atoms with Crippen molar-refractivity contribution in [3.05, 3.63) is 42.5 Å². The quantitative estimate of drug-likeness (QED) is 0.624. The second-order valence-electron chi connectivity index (χ2n) is 6.43. The molecule has 0 saturated carbocycles. The Labute approximate surface area is 166 Å². The number of para-hydroxylation sites is 2. The molecule has 0 atom stereocenters. The fraction of sp³-hybridized carbons (Fsp3) is 0.250. The first-order chi connectivity index (χ1) is 13.6. The molecular weight excluding hydrogens is 376 g/mol. The molecule has 144 valence electrons. The van der Waals surface area contributed by atoms with Gasteiger partial charge in [-0.15, -0.1) is 0 Å². The molecule has 1 aliphatic heterocycles. The molecule has 1 saturated heterocycles. The summed E-state index contributed by atoms with van der Waals surface area (Å²) in [6, 6.07) is 13.0. The topological polar surface area (TPSA) is 87.3 Å². The highest BCUT2D eigenvalue weighted by Gasteiger charge is 2.24. The van der Waals surface area contributed by atoms with Crippen molar-refractivity contribution in [2.24, 2.45) is 0 Å². The van der Waals surface area contributed by atoms with Gasteiger partial charge in [-0.3, -0.25) is 9.59 Å². The highest BCUT2D eigenvalue weighted by Crippen LogP contribution is 2.30. The normalized spacial score (nSPS) is 13.9. The Balaban J connectivity index is 1.42. The lowest BCUT2D eigenvalue weighted by Crippen LogP contribution is -2.26. The number of nitrogens with zero attached hydrogens (tertiary/aromatic N) is 2. The zero-order valence-corrected chi connectivity index (χ0v) is 16.2. The van der Waals surface area contributed by atoms with Crippen LogP contribution in [0.1, 0.15) is 12.8 Å². The summed E-state index contributed by atoms with van der Waals surface area (Å²) in [6.07, 6.45) is 1.39. The number of amides is 2. The first-order valence-electron chi connectivity index (χ1n) is 9.00. The van der Waals surface area contributed by atoms with Crippen molar-refractivity contribution >= 4 is 46.0 Å². The number of ether oxygens (including phenoxy) is 1. The molecule has 0 spiro atoms. The van der Waals surface area contributed by atoms with Crippen LogP contribution in [0, 0.1) is 0 Å². The maximum atomic E-state index is 12.5. The van der Waals surface area contributed by atoms with Crippen LogP contribution in [0.15, 0.2) is 47.6 Å². The largest absolute Gasteiger partial charge is 0.497 e. The molecule has 2 N–H and O–H groups in total. The summed E-state index contributed by atoms with van der Waals surface area (Å²) in [5, 5.41) is 3.58. The molecule has 1 fully saturated rings. The molecule has 0 radical (unpaired) electrons. The fourth-order valence-corrected chi connectivity index (χ4v) is 3.88. The molecule has 0 bridgehead atoms. The Morgan fingerprint density at radius 1 is 1.32 bits per heavy atom. The second-order valence-corrected chi connectivity index (χ2v) is 7.39. The Morgan fingerprint density at radius 3 is 2.96 bits per heavy atom. The van der Waals surface area contributed by atoms with Gasteiger partial charge in [0.1, 0.15) is 5.75 Å². The number of fused-ring (bicyclic) bond motifs is 1. The molecule has 2 amide bonds. The first kappa shape index (κ1) is 18.4. The number of carbonyl (C=O) groups excluding carboxylic acids is 2. The number of nitrogens with one attached hydrogen (secondary N) is 2. The molecule has 0 aliphatic carbocycles. The fourth-order valence-electron chi connectivity index (χ4n) is 3.20. The molecule has 0 unspecified atom stereocenters. The van der Waals surface area contributed by atoms with Gasteiger partial charge < -0.3 is 19.9 Å². The number of anilines is 2. The van der Waals surface area contributed by atoms with Gasteiger partial charge in [-0.2, -0.15) is 0 Å². The standard InChI is InChI=1S/C20H20N4O3S/c1-27-13-8-9-14-16(11-13)23-20(22-14)28-12-18(25)21-15-5-2-3-6-17(15)24-10-4-7-19(24)26/h2-3,5-6,8-9,11H,4,7,10,12H2,1H3,(H,21,25)(H,22,23). The molecule has 1 aliphatic rings. The van der Waals surface area contributed by atoms with Crippen LogP contribution in [0.2, 0.25) is 0 Å². The average Bonchev–Trinajstić information content (AvgIpc) is 3.31. The molecule has 3 aromatic rings. The second kappa shape index (κ2) is 7.93. The van der Waals surface area contributed by atoms with E-state index in [1.54, 1.807) is 12.0 Å². The summed E-state index contributed by atoms with van der Waals surface area (Å²) in [5.41, 5.74) is 3.08. The van der Waals surface area contributed by atoms with Gasteiger partial charge in [0.05, 0.1) is 35.3 Å². The van der Waals surface area contributed by atoms with E-state index in [4.69, 9.17) is 4.74 Å². The van der Waals surface area contributed by atoms with E-state index < -0.39 is 0 Å². The number of H-pyrrole nitrogens is 1. The van der Waals surface area contributed by atoms with E-state index in [9.17, 15) is 9.59 Å². The lowest BCUT2D eigenvalue weighted by Gasteiger charge is -2.19. The number of thioether (sulfide) groups is 1. The molecule has 2 heterocycles. The van der Waals surface area contributed by atoms with Gasteiger partial charge in [-0.1, -0.05) is 23.9 Å². The first-order valence-corrected chi connectivity index (χ1v) is 9.98. The number of imidazole rings is 1. The number of aromatic nitrogens is 2. The molecular formula is C20H20N4O3S. The summed E-state index contributed by atoms with van der Waals surface area (Å²) < 4.78 is 5.21. The molecule has 2 aromatic carbocycles. The number of hydrogen-bond donors (Lipinski definition) is 2. The maximum Gasteiger partial charge on any atom is 0.234 e. The summed E-state index contributed by atoms with van der Waals surface area (Å²) in [4.78, 5) is 33.9. The molecule has 4 rings (SSSR count). The number of benzene rings is 2. The van der Waals surface area contributed by atoms with Crippen molar-refractivity contribution in [3.63, 3.8) is 0 Å². The monoisotopic (exact) mass is 396 g/mol. The molecule has 7 nitrogen and oxygen atoms in total. The van der Waals surface area contributed by atoms with Gasteiger partial charge in [-0.05, 0) is 30.7 Å². The van der Waals surface area contributed by atoms with E-state index in [1.807, 2.05) is 42.5 Å². The number of rotatable bonds is 6. The van der Waals surface area contributed by atoms with Gasteiger partial charge in [0.25, 0.3) is 0 Å². The molecule has 1 aromatic heterocycles. The van der Waals surface area contributed by atoms with Crippen molar-refractivity contribution in [2.45, 2.75) is 18.0 Å². The SMILES string of the molecule is COc1ccc2nc(SCC(=O)Nc3ccccc3N3CCCC3=O)[nH]c2c1. The van der Waals surface area contributed by atoms with Gasteiger partial charge in [0, 0.05) is 19.0 Å². The lowest BCUT2D eigenvalue weighted by molar-refractivity contribution is -0.117. The summed E-state index contributed by atoms with van der Waals surface area (Å²) in [5.74, 6) is 0.897. The van der Waals surface area contributed by atoms with E-state index in [0.717, 1.165) is 28.9 Å². The van der Waals surface area contributed by atoms with Crippen LogP contribution in [0.4, 0.5) is 11.4 Å². The van der Waals surface area contributed by atoms with Crippen molar-refractivity contribution in [1.82, 2.24) is 9.97 Å². The van der Waals surface area contributed by atoms with Crippen LogP contribution in [0.3, 0.4) is 0 Å². The van der Waals surface area contributed by atoms with E-state index in [2.05, 4.69) is 15.3 Å². The number of hydrogen-bond acceptors (Lipinski definition) is 5. The van der Waals surface area contributed by atoms with E-state index in [0.29, 0.717) is 23.8 Å². The summed E-state index contributed by atoms with van der Waals surface area (Å²) in [7, 11) is 1.62. The Hall–Kier alpha value is -3.00. The third-order valence-electron chi connectivity index (χ3n) is 4.55. The Kier molecular flexibility index (Phi) is 5.21. The van der Waals surface area contributed by atoms with Gasteiger partial charge in [-0.25, -0.2) is 4.98 Å². The van der Waals surface area contributed by atoms with Crippen LogP contribution in [-0.4, -0.2) is 41.2 Å². The van der Waals surface area contributed by atoms with Crippen molar-refractivity contribution in [3.8, 4) is 5.75 Å². The van der Waals surface area contributed by atoms with Gasteiger partial charge >= 0.3 is 0 Å². The third-order valence-corrected chi connectivity index (χ3v) is 5.42. The zero-order valence-electron chi connectivity index (χ0n) is 15.4.